The van der Waals surface area contributed by atoms with E-state index < -0.39 is 6.04 Å². The van der Waals surface area contributed by atoms with Crippen LogP contribution in [0.3, 0.4) is 0 Å². The Morgan fingerprint density at radius 1 is 1.44 bits per heavy atom. The van der Waals surface area contributed by atoms with Crippen LogP contribution in [0.2, 0.25) is 0 Å². The molecule has 16 heavy (non-hydrogen) atoms. The zero-order chi connectivity index (χ0) is 11.5. The third kappa shape index (κ3) is 2.43. The van der Waals surface area contributed by atoms with Gasteiger partial charge in [0.1, 0.15) is 5.82 Å². The van der Waals surface area contributed by atoms with Crippen molar-refractivity contribution in [2.45, 2.75) is 19.0 Å². The van der Waals surface area contributed by atoms with Gasteiger partial charge in [-0.15, -0.1) is 0 Å². The van der Waals surface area contributed by atoms with Gasteiger partial charge in [0.25, 0.3) is 0 Å². The van der Waals surface area contributed by atoms with Gasteiger partial charge < -0.3 is 5.32 Å². The Bertz CT molecular complexity index is 434. The summed E-state index contributed by atoms with van der Waals surface area (Å²) >= 11 is 0. The molecule has 0 bridgehead atoms. The van der Waals surface area contributed by atoms with Crippen molar-refractivity contribution in [2.24, 2.45) is 0 Å². The molecular formula is C11H11FN2O2. The van der Waals surface area contributed by atoms with Crippen molar-refractivity contribution in [3.63, 3.8) is 0 Å². The average Bonchev–Trinajstić information content (AvgIpc) is 2.54. The first kappa shape index (κ1) is 10.8. The van der Waals surface area contributed by atoms with Gasteiger partial charge in [-0.2, -0.15) is 0 Å². The minimum Gasteiger partial charge on any atom is -0.301 e. The monoisotopic (exact) mass is 222 g/mol. The molecule has 84 valence electrons. The van der Waals surface area contributed by atoms with Gasteiger partial charge in [-0.05, 0) is 17.7 Å². The summed E-state index contributed by atoms with van der Waals surface area (Å²) in [7, 11) is 0. The van der Waals surface area contributed by atoms with Crippen molar-refractivity contribution in [1.82, 2.24) is 10.6 Å². The van der Waals surface area contributed by atoms with Crippen molar-refractivity contribution in [1.29, 1.82) is 0 Å². The number of hydrogen-bond donors (Lipinski definition) is 2. The molecule has 0 aliphatic carbocycles. The molecule has 1 fully saturated rings. The highest BCUT2D eigenvalue weighted by atomic mass is 19.1. The molecule has 1 aliphatic heterocycles. The van der Waals surface area contributed by atoms with Crippen LogP contribution in [-0.4, -0.2) is 17.9 Å². The molecule has 1 atom stereocenters. The highest BCUT2D eigenvalue weighted by Crippen LogP contribution is 2.06. The lowest BCUT2D eigenvalue weighted by Crippen LogP contribution is -2.35. The SMILES string of the molecule is O=C1CC(NCc2cccc(F)c2)C(=O)N1. The number of hydrogen-bond acceptors (Lipinski definition) is 3. The Morgan fingerprint density at radius 3 is 2.88 bits per heavy atom. The summed E-state index contributed by atoms with van der Waals surface area (Å²) < 4.78 is 12.8. The van der Waals surface area contributed by atoms with Crippen LogP contribution in [0.4, 0.5) is 4.39 Å². The van der Waals surface area contributed by atoms with Gasteiger partial charge in [0.05, 0.1) is 12.5 Å². The Kier molecular flexibility index (Phi) is 2.96. The van der Waals surface area contributed by atoms with Gasteiger partial charge in [0, 0.05) is 6.54 Å². The molecule has 0 saturated carbocycles. The van der Waals surface area contributed by atoms with Crippen LogP contribution in [0.5, 0.6) is 0 Å². The zero-order valence-electron chi connectivity index (χ0n) is 8.50. The second-order valence-electron chi connectivity index (χ2n) is 3.68. The molecule has 1 unspecified atom stereocenters. The van der Waals surface area contributed by atoms with E-state index in [0.29, 0.717) is 6.54 Å². The predicted octanol–water partition coefficient (Wildman–Crippen LogP) is 0.330. The smallest absolute Gasteiger partial charge is 0.244 e. The van der Waals surface area contributed by atoms with E-state index in [1.54, 1.807) is 12.1 Å². The zero-order valence-corrected chi connectivity index (χ0v) is 8.50. The van der Waals surface area contributed by atoms with E-state index in [1.807, 2.05) is 0 Å². The third-order valence-corrected chi connectivity index (χ3v) is 2.41. The summed E-state index contributed by atoms with van der Waals surface area (Å²) in [5.74, 6) is -0.908. The van der Waals surface area contributed by atoms with Gasteiger partial charge in [0.2, 0.25) is 11.8 Å². The summed E-state index contributed by atoms with van der Waals surface area (Å²) in [6.07, 6.45) is 0.147. The highest BCUT2D eigenvalue weighted by Gasteiger charge is 2.29. The fourth-order valence-electron chi connectivity index (χ4n) is 1.61. The van der Waals surface area contributed by atoms with Crippen LogP contribution >= 0.6 is 0 Å². The van der Waals surface area contributed by atoms with Crippen LogP contribution in [0.1, 0.15) is 12.0 Å². The molecule has 1 aliphatic rings. The van der Waals surface area contributed by atoms with Crippen LogP contribution in [0.25, 0.3) is 0 Å². The minimum atomic E-state index is -0.504. The van der Waals surface area contributed by atoms with E-state index in [2.05, 4.69) is 10.6 Å². The largest absolute Gasteiger partial charge is 0.301 e. The molecule has 0 aromatic heterocycles. The number of carbonyl (C=O) groups is 2. The van der Waals surface area contributed by atoms with Crippen LogP contribution in [-0.2, 0) is 16.1 Å². The van der Waals surface area contributed by atoms with Crippen LogP contribution < -0.4 is 10.6 Å². The fraction of sp³-hybridized carbons (Fsp3) is 0.273. The molecule has 4 nitrogen and oxygen atoms in total. The summed E-state index contributed by atoms with van der Waals surface area (Å²) in [5.41, 5.74) is 0.743. The van der Waals surface area contributed by atoms with E-state index in [9.17, 15) is 14.0 Å². The predicted molar refractivity (Wildman–Crippen MR) is 54.8 cm³/mol. The summed E-state index contributed by atoms with van der Waals surface area (Å²) in [6.45, 7) is 0.364. The minimum absolute atomic E-state index is 0.147. The van der Waals surface area contributed by atoms with Gasteiger partial charge in [0.15, 0.2) is 0 Å². The lowest BCUT2D eigenvalue weighted by molar-refractivity contribution is -0.125. The maximum absolute atomic E-state index is 12.8. The first-order valence-electron chi connectivity index (χ1n) is 4.96. The third-order valence-electron chi connectivity index (χ3n) is 2.41. The number of nitrogens with one attached hydrogen (secondary N) is 2. The lowest BCUT2D eigenvalue weighted by Gasteiger charge is -2.08. The van der Waals surface area contributed by atoms with Crippen molar-refractivity contribution < 1.29 is 14.0 Å². The van der Waals surface area contributed by atoms with Crippen molar-refractivity contribution in [2.75, 3.05) is 0 Å². The first-order chi connectivity index (χ1) is 7.65. The van der Waals surface area contributed by atoms with E-state index in [1.165, 1.54) is 12.1 Å². The average molecular weight is 222 g/mol. The quantitative estimate of drug-likeness (QED) is 0.725. The first-order valence-corrected chi connectivity index (χ1v) is 4.96. The molecule has 1 aromatic rings. The van der Waals surface area contributed by atoms with E-state index in [4.69, 9.17) is 0 Å². The molecular weight excluding hydrogens is 211 g/mol. The molecule has 2 N–H and O–H groups in total. The van der Waals surface area contributed by atoms with Gasteiger partial charge >= 0.3 is 0 Å². The molecule has 1 heterocycles. The van der Waals surface area contributed by atoms with Crippen molar-refractivity contribution >= 4 is 11.8 Å². The molecule has 1 saturated heterocycles. The van der Waals surface area contributed by atoms with Crippen LogP contribution in [0, 0.1) is 5.82 Å². The highest BCUT2D eigenvalue weighted by molar-refractivity contribution is 6.05. The molecule has 5 heteroatoms. The molecule has 0 radical (unpaired) electrons. The number of halogens is 1. The number of imide groups is 1. The maximum Gasteiger partial charge on any atom is 0.244 e. The molecule has 0 spiro atoms. The Hall–Kier alpha value is -1.75. The number of amides is 2. The van der Waals surface area contributed by atoms with Crippen LogP contribution in [0.15, 0.2) is 24.3 Å². The molecule has 1 aromatic carbocycles. The van der Waals surface area contributed by atoms with Crippen molar-refractivity contribution in [3.05, 3.63) is 35.6 Å². The Morgan fingerprint density at radius 2 is 2.25 bits per heavy atom. The van der Waals surface area contributed by atoms with E-state index in [-0.39, 0.29) is 24.1 Å². The topological polar surface area (TPSA) is 58.2 Å². The second kappa shape index (κ2) is 4.40. The normalized spacial score (nSPS) is 19.9. The maximum atomic E-state index is 12.8. The molecule has 2 rings (SSSR count). The lowest BCUT2D eigenvalue weighted by atomic mass is 10.2. The standard InChI is InChI=1S/C11H11FN2O2/c12-8-3-1-2-7(4-8)6-13-9-5-10(15)14-11(9)16/h1-4,9,13H,5-6H2,(H,14,15,16). The van der Waals surface area contributed by atoms with E-state index in [0.717, 1.165) is 5.56 Å². The van der Waals surface area contributed by atoms with Gasteiger partial charge in [-0.3, -0.25) is 14.9 Å². The Balaban J connectivity index is 1.93. The summed E-state index contributed by atoms with van der Waals surface area (Å²) in [5, 5.41) is 5.11. The number of rotatable bonds is 3. The molecule has 2 amide bonds. The van der Waals surface area contributed by atoms with Gasteiger partial charge in [-0.1, -0.05) is 12.1 Å². The van der Waals surface area contributed by atoms with Gasteiger partial charge in [-0.25, -0.2) is 4.39 Å². The Labute approximate surface area is 91.8 Å². The summed E-state index contributed by atoms with van der Waals surface area (Å²) in [4.78, 5) is 22.1. The second-order valence-corrected chi connectivity index (χ2v) is 3.68. The van der Waals surface area contributed by atoms with Crippen molar-refractivity contribution in [3.8, 4) is 0 Å². The number of benzene rings is 1. The number of carbonyl (C=O) groups excluding carboxylic acids is 2. The fourth-order valence-corrected chi connectivity index (χ4v) is 1.61. The van der Waals surface area contributed by atoms with E-state index >= 15 is 0 Å². The summed E-state index contributed by atoms with van der Waals surface area (Å²) in [6, 6.07) is 5.60.